The molecule has 6 heteroatoms. The van der Waals surface area contributed by atoms with Crippen molar-refractivity contribution < 1.29 is 4.39 Å². The van der Waals surface area contributed by atoms with Crippen LogP contribution in [-0.2, 0) is 6.42 Å². The lowest BCUT2D eigenvalue weighted by molar-refractivity contribution is 0.467. The maximum Gasteiger partial charge on any atom is 0.138 e. The molecule has 0 saturated heterocycles. The first-order valence-corrected chi connectivity index (χ1v) is 7.88. The second kappa shape index (κ2) is 7.13. The van der Waals surface area contributed by atoms with E-state index >= 15 is 0 Å². The molecule has 0 aliphatic heterocycles. The van der Waals surface area contributed by atoms with Crippen molar-refractivity contribution in [3.05, 3.63) is 46.2 Å². The highest BCUT2D eigenvalue weighted by Gasteiger charge is 2.17. The third-order valence-corrected chi connectivity index (χ3v) is 3.72. The molecule has 4 nitrogen and oxygen atoms in total. The van der Waals surface area contributed by atoms with Crippen LogP contribution >= 0.6 is 15.9 Å². The number of hydrogen-bond acceptors (Lipinski definition) is 3. The Balaban J connectivity index is 2.28. The molecule has 1 heterocycles. The molecule has 2 rings (SSSR count). The summed E-state index contributed by atoms with van der Waals surface area (Å²) in [6.07, 6.45) is 2.24. The van der Waals surface area contributed by atoms with Gasteiger partial charge in [0.1, 0.15) is 18.0 Å². The van der Waals surface area contributed by atoms with Gasteiger partial charge in [-0.3, -0.25) is 0 Å². The Bertz CT molecular complexity index is 577. The molecule has 1 N–H and O–H groups in total. The first kappa shape index (κ1) is 16.1. The van der Waals surface area contributed by atoms with Crippen LogP contribution in [0.4, 0.5) is 4.39 Å². The van der Waals surface area contributed by atoms with Crippen molar-refractivity contribution in [2.75, 3.05) is 6.54 Å². The summed E-state index contributed by atoms with van der Waals surface area (Å²) in [7, 11) is 0. The Morgan fingerprint density at radius 1 is 1.33 bits per heavy atom. The number of hydrogen-bond donors (Lipinski definition) is 1. The second-order valence-electron chi connectivity index (χ2n) is 5.23. The molecule has 0 aliphatic rings. The third-order valence-electron chi connectivity index (χ3n) is 3.26. The average Bonchev–Trinajstić information content (AvgIpc) is 2.85. The molecule has 114 valence electrons. The van der Waals surface area contributed by atoms with Gasteiger partial charge in [-0.05, 0) is 44.2 Å². The Morgan fingerprint density at radius 2 is 2.10 bits per heavy atom. The summed E-state index contributed by atoms with van der Waals surface area (Å²) >= 11 is 3.35. The van der Waals surface area contributed by atoms with Gasteiger partial charge in [0, 0.05) is 23.0 Å². The predicted octanol–water partition coefficient (Wildman–Crippen LogP) is 3.65. The van der Waals surface area contributed by atoms with Crippen LogP contribution < -0.4 is 5.32 Å². The van der Waals surface area contributed by atoms with Crippen LogP contribution in [0.3, 0.4) is 0 Å². The van der Waals surface area contributed by atoms with Gasteiger partial charge in [-0.15, -0.1) is 0 Å². The minimum absolute atomic E-state index is 0.00343. The van der Waals surface area contributed by atoms with E-state index in [1.807, 2.05) is 17.7 Å². The molecular weight excluding hydrogens is 335 g/mol. The van der Waals surface area contributed by atoms with E-state index in [4.69, 9.17) is 0 Å². The fraction of sp³-hybridized carbons (Fsp3) is 0.467. The van der Waals surface area contributed by atoms with Gasteiger partial charge >= 0.3 is 0 Å². The van der Waals surface area contributed by atoms with E-state index in [1.165, 1.54) is 6.07 Å². The SMILES string of the molecule is CCNC(Cc1ncnn1C(C)C)c1cc(F)cc(Br)c1. The molecule has 0 spiro atoms. The normalized spacial score (nSPS) is 12.9. The summed E-state index contributed by atoms with van der Waals surface area (Å²) in [5.74, 6) is 0.656. The second-order valence-corrected chi connectivity index (χ2v) is 6.15. The maximum atomic E-state index is 13.6. The van der Waals surface area contributed by atoms with Crippen LogP contribution in [0.1, 0.15) is 44.2 Å². The fourth-order valence-electron chi connectivity index (χ4n) is 2.36. The number of halogens is 2. The van der Waals surface area contributed by atoms with E-state index in [9.17, 15) is 4.39 Å². The monoisotopic (exact) mass is 354 g/mol. The maximum absolute atomic E-state index is 13.6. The van der Waals surface area contributed by atoms with E-state index in [2.05, 4.69) is 45.2 Å². The highest BCUT2D eigenvalue weighted by Crippen LogP contribution is 2.23. The zero-order valence-electron chi connectivity index (χ0n) is 12.5. The van der Waals surface area contributed by atoms with Crippen molar-refractivity contribution in [2.24, 2.45) is 0 Å². The minimum atomic E-state index is -0.243. The molecule has 0 radical (unpaired) electrons. The van der Waals surface area contributed by atoms with Crippen molar-refractivity contribution in [3.63, 3.8) is 0 Å². The number of rotatable bonds is 6. The molecule has 0 saturated carbocycles. The van der Waals surface area contributed by atoms with Crippen molar-refractivity contribution in [3.8, 4) is 0 Å². The molecule has 2 aromatic rings. The van der Waals surface area contributed by atoms with Crippen LogP contribution in [0.15, 0.2) is 29.0 Å². The van der Waals surface area contributed by atoms with E-state index in [0.29, 0.717) is 6.42 Å². The minimum Gasteiger partial charge on any atom is -0.310 e. The van der Waals surface area contributed by atoms with E-state index in [1.54, 1.807) is 12.4 Å². The first-order chi connectivity index (χ1) is 10.0. The summed E-state index contributed by atoms with van der Waals surface area (Å²) in [6, 6.07) is 5.22. The van der Waals surface area contributed by atoms with Crippen molar-refractivity contribution in [2.45, 2.75) is 39.3 Å². The average molecular weight is 355 g/mol. The number of benzene rings is 1. The predicted molar refractivity (Wildman–Crippen MR) is 84.6 cm³/mol. The zero-order chi connectivity index (χ0) is 15.4. The highest BCUT2D eigenvalue weighted by molar-refractivity contribution is 9.10. The molecule has 1 atom stereocenters. The van der Waals surface area contributed by atoms with Gasteiger partial charge in [0.05, 0.1) is 0 Å². The lowest BCUT2D eigenvalue weighted by Crippen LogP contribution is -2.25. The van der Waals surface area contributed by atoms with Gasteiger partial charge in [0.25, 0.3) is 0 Å². The van der Waals surface area contributed by atoms with Crippen LogP contribution in [0.25, 0.3) is 0 Å². The van der Waals surface area contributed by atoms with Gasteiger partial charge < -0.3 is 5.32 Å². The summed E-state index contributed by atoms with van der Waals surface area (Å²) in [4.78, 5) is 4.34. The molecule has 0 bridgehead atoms. The zero-order valence-corrected chi connectivity index (χ0v) is 14.1. The largest absolute Gasteiger partial charge is 0.310 e. The van der Waals surface area contributed by atoms with E-state index in [-0.39, 0.29) is 17.9 Å². The van der Waals surface area contributed by atoms with E-state index in [0.717, 1.165) is 22.4 Å². The lowest BCUT2D eigenvalue weighted by atomic mass is 10.0. The molecule has 0 amide bonds. The summed E-state index contributed by atoms with van der Waals surface area (Å²) in [6.45, 7) is 6.97. The number of nitrogens with zero attached hydrogens (tertiary/aromatic N) is 3. The third kappa shape index (κ3) is 4.11. The number of aromatic nitrogens is 3. The van der Waals surface area contributed by atoms with Gasteiger partial charge in [-0.2, -0.15) is 5.10 Å². The lowest BCUT2D eigenvalue weighted by Gasteiger charge is -2.19. The van der Waals surface area contributed by atoms with Crippen LogP contribution in [0, 0.1) is 5.82 Å². The molecular formula is C15H20BrFN4. The molecule has 0 fully saturated rings. The molecule has 1 unspecified atom stereocenters. The molecule has 1 aromatic carbocycles. The van der Waals surface area contributed by atoms with Gasteiger partial charge in [-0.25, -0.2) is 14.1 Å². The topological polar surface area (TPSA) is 42.7 Å². The molecule has 21 heavy (non-hydrogen) atoms. The summed E-state index contributed by atoms with van der Waals surface area (Å²) < 4.78 is 16.3. The smallest absolute Gasteiger partial charge is 0.138 e. The number of likely N-dealkylation sites (N-methyl/N-ethyl adjacent to an activating group) is 1. The molecule has 0 aliphatic carbocycles. The van der Waals surface area contributed by atoms with Gasteiger partial charge in [-0.1, -0.05) is 22.9 Å². The standard InChI is InChI=1S/C15H20BrFN4/c1-4-18-14(11-5-12(16)7-13(17)6-11)8-15-19-9-20-21(15)10(2)3/h5-7,9-10,14,18H,4,8H2,1-3H3. The van der Waals surface area contributed by atoms with E-state index < -0.39 is 0 Å². The first-order valence-electron chi connectivity index (χ1n) is 7.09. The van der Waals surface area contributed by atoms with Crippen LogP contribution in [0.5, 0.6) is 0 Å². The van der Waals surface area contributed by atoms with Crippen LogP contribution in [-0.4, -0.2) is 21.3 Å². The Labute approximate surface area is 132 Å². The Hall–Kier alpha value is -1.27. The van der Waals surface area contributed by atoms with Gasteiger partial charge in [0.2, 0.25) is 0 Å². The van der Waals surface area contributed by atoms with Crippen molar-refractivity contribution in [1.29, 1.82) is 0 Å². The van der Waals surface area contributed by atoms with Crippen molar-refractivity contribution >= 4 is 15.9 Å². The van der Waals surface area contributed by atoms with Crippen molar-refractivity contribution in [1.82, 2.24) is 20.1 Å². The quantitative estimate of drug-likeness (QED) is 0.860. The fourth-order valence-corrected chi connectivity index (χ4v) is 2.85. The Kier molecular flexibility index (Phi) is 5.47. The highest BCUT2D eigenvalue weighted by atomic mass is 79.9. The van der Waals surface area contributed by atoms with Gasteiger partial charge in [0.15, 0.2) is 0 Å². The Morgan fingerprint density at radius 3 is 2.71 bits per heavy atom. The van der Waals surface area contributed by atoms with Crippen LogP contribution in [0.2, 0.25) is 0 Å². The molecule has 1 aromatic heterocycles. The number of nitrogens with one attached hydrogen (secondary N) is 1. The summed E-state index contributed by atoms with van der Waals surface area (Å²) in [5.41, 5.74) is 0.905. The summed E-state index contributed by atoms with van der Waals surface area (Å²) in [5, 5.41) is 7.64.